The molecule has 0 unspecified atom stereocenters. The lowest BCUT2D eigenvalue weighted by Gasteiger charge is -2.08. The van der Waals surface area contributed by atoms with Gasteiger partial charge in [-0.3, -0.25) is 0 Å². The first kappa shape index (κ1) is 12.2. The van der Waals surface area contributed by atoms with Gasteiger partial charge in [-0.25, -0.2) is 9.97 Å². The summed E-state index contributed by atoms with van der Waals surface area (Å²) in [5.74, 6) is 0. The molecule has 0 aliphatic carbocycles. The fraction of sp³-hybridized carbons (Fsp3) is 0.200. The zero-order valence-corrected chi connectivity index (χ0v) is 11.6. The Morgan fingerprint density at radius 2 is 1.84 bits per heavy atom. The Morgan fingerprint density at radius 3 is 2.53 bits per heavy atom. The average molecular weight is 272 g/mol. The van der Waals surface area contributed by atoms with Crippen LogP contribution in [0.2, 0.25) is 5.02 Å². The quantitative estimate of drug-likeness (QED) is 0.694. The summed E-state index contributed by atoms with van der Waals surface area (Å²) in [6, 6.07) is 10.4. The molecular weight excluding hydrogens is 258 g/mol. The van der Waals surface area contributed by atoms with E-state index in [1.165, 1.54) is 0 Å². The van der Waals surface area contributed by atoms with Crippen LogP contribution < -0.4 is 0 Å². The molecule has 0 atom stereocenters. The lowest BCUT2D eigenvalue weighted by molar-refractivity contribution is 0.617. The van der Waals surface area contributed by atoms with Gasteiger partial charge in [-0.05, 0) is 13.8 Å². The normalized spacial score (nSPS) is 11.4. The summed E-state index contributed by atoms with van der Waals surface area (Å²) in [6.45, 7) is 4.22. The Bertz CT molecular complexity index is 717. The van der Waals surface area contributed by atoms with Gasteiger partial charge in [-0.1, -0.05) is 41.9 Å². The van der Waals surface area contributed by atoms with Gasteiger partial charge in [0.15, 0.2) is 0 Å². The molecule has 0 saturated heterocycles. The summed E-state index contributed by atoms with van der Waals surface area (Å²) in [7, 11) is 0. The molecule has 0 amide bonds. The largest absolute Gasteiger partial charge is 0.328 e. The lowest BCUT2D eigenvalue weighted by Crippen LogP contribution is -2.00. The maximum absolute atomic E-state index is 6.38. The van der Waals surface area contributed by atoms with Crippen LogP contribution in [0.25, 0.3) is 22.3 Å². The monoisotopic (exact) mass is 271 g/mol. The molecule has 0 N–H and O–H groups in total. The van der Waals surface area contributed by atoms with E-state index in [0.29, 0.717) is 11.1 Å². The van der Waals surface area contributed by atoms with Gasteiger partial charge in [0, 0.05) is 17.8 Å². The van der Waals surface area contributed by atoms with E-state index in [4.69, 9.17) is 11.6 Å². The first-order chi connectivity index (χ1) is 9.18. The highest BCUT2D eigenvalue weighted by molar-refractivity contribution is 6.36. The third-order valence-electron chi connectivity index (χ3n) is 3.17. The first-order valence-electron chi connectivity index (χ1n) is 6.25. The molecule has 3 aromatic rings. The summed E-state index contributed by atoms with van der Waals surface area (Å²) < 4.78 is 2.08. The van der Waals surface area contributed by atoms with Crippen LogP contribution in [-0.2, 0) is 0 Å². The number of hydrogen-bond donors (Lipinski definition) is 0. The highest BCUT2D eigenvalue weighted by Gasteiger charge is 2.15. The van der Waals surface area contributed by atoms with Gasteiger partial charge in [0.05, 0.1) is 16.1 Å². The van der Waals surface area contributed by atoms with Crippen LogP contribution in [0.1, 0.15) is 19.9 Å². The molecule has 2 heterocycles. The Labute approximate surface area is 116 Å². The van der Waals surface area contributed by atoms with E-state index < -0.39 is 0 Å². The molecular formula is C15H14ClN3. The first-order valence-corrected chi connectivity index (χ1v) is 6.62. The summed E-state index contributed by atoms with van der Waals surface area (Å²) in [5.41, 5.74) is 2.82. The zero-order chi connectivity index (χ0) is 13.4. The van der Waals surface area contributed by atoms with Crippen molar-refractivity contribution in [2.75, 3.05) is 0 Å². The topological polar surface area (TPSA) is 30.7 Å². The van der Waals surface area contributed by atoms with Gasteiger partial charge < -0.3 is 4.57 Å². The average Bonchev–Trinajstić information content (AvgIpc) is 2.78. The van der Waals surface area contributed by atoms with Gasteiger partial charge >= 0.3 is 0 Å². The van der Waals surface area contributed by atoms with E-state index in [2.05, 4.69) is 28.4 Å². The van der Waals surface area contributed by atoms with Crippen molar-refractivity contribution in [3.05, 3.63) is 47.9 Å². The minimum absolute atomic E-state index is 0.313. The van der Waals surface area contributed by atoms with Crippen molar-refractivity contribution in [2.24, 2.45) is 0 Å². The number of aromatic nitrogens is 3. The lowest BCUT2D eigenvalue weighted by atomic mass is 10.1. The second-order valence-electron chi connectivity index (χ2n) is 4.76. The van der Waals surface area contributed by atoms with E-state index in [0.717, 1.165) is 22.3 Å². The molecule has 0 spiro atoms. The zero-order valence-electron chi connectivity index (χ0n) is 10.8. The van der Waals surface area contributed by atoms with Crippen LogP contribution >= 0.6 is 11.6 Å². The SMILES string of the molecule is CC(C)n1cc(Cl)c2c(-c3ccccc3)ncnc21. The Morgan fingerprint density at radius 1 is 1.11 bits per heavy atom. The van der Waals surface area contributed by atoms with Gasteiger partial charge in [-0.15, -0.1) is 0 Å². The molecule has 0 aliphatic heterocycles. The Hall–Kier alpha value is -1.87. The van der Waals surface area contributed by atoms with E-state index in [1.807, 2.05) is 36.5 Å². The van der Waals surface area contributed by atoms with Crippen molar-refractivity contribution in [3.8, 4) is 11.3 Å². The van der Waals surface area contributed by atoms with Crippen LogP contribution in [-0.4, -0.2) is 14.5 Å². The fourth-order valence-corrected chi connectivity index (χ4v) is 2.53. The number of hydrogen-bond acceptors (Lipinski definition) is 2. The minimum Gasteiger partial charge on any atom is -0.328 e. The number of rotatable bonds is 2. The van der Waals surface area contributed by atoms with Gasteiger partial charge in [-0.2, -0.15) is 0 Å². The third kappa shape index (κ3) is 2.00. The number of benzene rings is 1. The molecule has 4 heteroatoms. The van der Waals surface area contributed by atoms with E-state index >= 15 is 0 Å². The predicted molar refractivity (Wildman–Crippen MR) is 78.4 cm³/mol. The van der Waals surface area contributed by atoms with Crippen LogP contribution in [0, 0.1) is 0 Å². The second-order valence-corrected chi connectivity index (χ2v) is 5.17. The number of halogens is 1. The van der Waals surface area contributed by atoms with Gasteiger partial charge in [0.1, 0.15) is 12.0 Å². The number of fused-ring (bicyclic) bond motifs is 1. The standard InChI is InChI=1S/C15H14ClN3/c1-10(2)19-8-12(16)13-14(17-9-18-15(13)19)11-6-4-3-5-7-11/h3-10H,1-2H3. The maximum Gasteiger partial charge on any atom is 0.145 e. The predicted octanol–water partition coefficient (Wildman–Crippen LogP) is 4.33. The second kappa shape index (κ2) is 4.67. The van der Waals surface area contributed by atoms with Crippen molar-refractivity contribution >= 4 is 22.6 Å². The van der Waals surface area contributed by atoms with Crippen molar-refractivity contribution in [1.29, 1.82) is 0 Å². The molecule has 0 bridgehead atoms. The van der Waals surface area contributed by atoms with Gasteiger partial charge in [0.2, 0.25) is 0 Å². The number of nitrogens with zero attached hydrogens (tertiary/aromatic N) is 3. The van der Waals surface area contributed by atoms with Crippen LogP contribution in [0.5, 0.6) is 0 Å². The summed E-state index contributed by atoms with van der Waals surface area (Å²) in [5, 5.41) is 1.62. The minimum atomic E-state index is 0.313. The summed E-state index contributed by atoms with van der Waals surface area (Å²) >= 11 is 6.38. The Balaban J connectivity index is 2.33. The molecule has 96 valence electrons. The molecule has 0 aliphatic rings. The van der Waals surface area contributed by atoms with Crippen molar-refractivity contribution in [3.63, 3.8) is 0 Å². The molecule has 3 rings (SSSR count). The van der Waals surface area contributed by atoms with Crippen LogP contribution in [0.15, 0.2) is 42.9 Å². The fourth-order valence-electron chi connectivity index (χ4n) is 2.25. The summed E-state index contributed by atoms with van der Waals surface area (Å²) in [6.07, 6.45) is 3.53. The molecule has 0 fully saturated rings. The molecule has 0 radical (unpaired) electrons. The molecule has 2 aromatic heterocycles. The molecule has 3 nitrogen and oxygen atoms in total. The highest BCUT2D eigenvalue weighted by atomic mass is 35.5. The smallest absolute Gasteiger partial charge is 0.145 e. The highest BCUT2D eigenvalue weighted by Crippen LogP contribution is 2.33. The Kier molecular flexibility index (Phi) is 2.99. The van der Waals surface area contributed by atoms with Crippen molar-refractivity contribution in [1.82, 2.24) is 14.5 Å². The third-order valence-corrected chi connectivity index (χ3v) is 3.45. The molecule has 19 heavy (non-hydrogen) atoms. The van der Waals surface area contributed by atoms with Crippen LogP contribution in [0.4, 0.5) is 0 Å². The van der Waals surface area contributed by atoms with Crippen LogP contribution in [0.3, 0.4) is 0 Å². The van der Waals surface area contributed by atoms with E-state index in [1.54, 1.807) is 6.33 Å². The van der Waals surface area contributed by atoms with Crippen molar-refractivity contribution < 1.29 is 0 Å². The molecule has 1 aromatic carbocycles. The van der Waals surface area contributed by atoms with E-state index in [-0.39, 0.29) is 0 Å². The molecule has 0 saturated carbocycles. The summed E-state index contributed by atoms with van der Waals surface area (Å²) in [4.78, 5) is 8.78. The van der Waals surface area contributed by atoms with Crippen molar-refractivity contribution in [2.45, 2.75) is 19.9 Å². The maximum atomic E-state index is 6.38. The van der Waals surface area contributed by atoms with E-state index in [9.17, 15) is 0 Å². The van der Waals surface area contributed by atoms with Gasteiger partial charge in [0.25, 0.3) is 0 Å².